The van der Waals surface area contributed by atoms with Gasteiger partial charge < -0.3 is 11.5 Å². The van der Waals surface area contributed by atoms with Crippen molar-refractivity contribution in [3.05, 3.63) is 23.8 Å². The second kappa shape index (κ2) is 5.95. The van der Waals surface area contributed by atoms with Crippen molar-refractivity contribution in [1.29, 1.82) is 0 Å². The highest BCUT2D eigenvalue weighted by molar-refractivity contribution is 5.58. The summed E-state index contributed by atoms with van der Waals surface area (Å²) in [4.78, 5) is 0. The van der Waals surface area contributed by atoms with Crippen LogP contribution in [0.15, 0.2) is 18.2 Å². The average Bonchev–Trinajstić information content (AvgIpc) is 2.44. The van der Waals surface area contributed by atoms with E-state index >= 15 is 0 Å². The van der Waals surface area contributed by atoms with Crippen LogP contribution in [-0.2, 0) is 5.92 Å². The van der Waals surface area contributed by atoms with Crippen molar-refractivity contribution in [3.63, 3.8) is 0 Å². The first-order valence-corrected chi connectivity index (χ1v) is 6.27. The highest BCUT2D eigenvalue weighted by atomic mass is 19.4. The lowest BCUT2D eigenvalue weighted by Gasteiger charge is -2.40. The smallest absolute Gasteiger partial charge is 0.399 e. The second-order valence-electron chi connectivity index (χ2n) is 5.22. The molecule has 0 bridgehead atoms. The monoisotopic (exact) mass is 426 g/mol. The number of alkyl halides is 13. The molecule has 1 rings (SSSR count). The Bertz CT molecular complexity index is 708. The number of nitrogens with two attached hydrogens (primary N) is 2. The third-order valence-corrected chi connectivity index (χ3v) is 3.35. The second-order valence-corrected chi connectivity index (χ2v) is 5.22. The van der Waals surface area contributed by atoms with Gasteiger partial charge in [-0.3, -0.25) is 0 Å². The highest BCUT2D eigenvalue weighted by Gasteiger charge is 2.90. The fourth-order valence-corrected chi connectivity index (χ4v) is 1.81. The summed E-state index contributed by atoms with van der Waals surface area (Å²) in [5.74, 6) is -37.4. The number of nitrogen functional groups attached to an aromatic ring is 2. The summed E-state index contributed by atoms with van der Waals surface area (Å²) < 4.78 is 169. The van der Waals surface area contributed by atoms with Crippen LogP contribution in [0.5, 0.6) is 0 Å². The Morgan fingerprint density at radius 2 is 0.963 bits per heavy atom. The van der Waals surface area contributed by atoms with E-state index < -0.39 is 52.7 Å². The Morgan fingerprint density at radius 3 is 1.33 bits per heavy atom. The van der Waals surface area contributed by atoms with E-state index in [1.54, 1.807) is 0 Å². The topological polar surface area (TPSA) is 52.0 Å². The Balaban J connectivity index is 3.63. The van der Waals surface area contributed by atoms with E-state index in [9.17, 15) is 57.1 Å². The summed E-state index contributed by atoms with van der Waals surface area (Å²) in [6.07, 6.45) is -7.45. The lowest BCUT2D eigenvalue weighted by Crippen LogP contribution is -2.69. The number of anilines is 2. The van der Waals surface area contributed by atoms with Crippen LogP contribution in [0.4, 0.5) is 68.5 Å². The van der Waals surface area contributed by atoms with Gasteiger partial charge in [-0.15, -0.1) is 0 Å². The first kappa shape index (κ1) is 23.0. The van der Waals surface area contributed by atoms with Crippen molar-refractivity contribution < 1.29 is 57.1 Å². The van der Waals surface area contributed by atoms with Gasteiger partial charge in [-0.25, -0.2) is 0 Å². The zero-order valence-electron chi connectivity index (χ0n) is 12.3. The third-order valence-electron chi connectivity index (χ3n) is 3.35. The van der Waals surface area contributed by atoms with E-state index in [1.165, 1.54) is 0 Å². The minimum Gasteiger partial charge on any atom is -0.399 e. The molecule has 0 heterocycles. The van der Waals surface area contributed by atoms with Gasteiger partial charge in [-0.05, 0) is 18.2 Å². The van der Waals surface area contributed by atoms with Gasteiger partial charge in [0.05, 0.1) is 5.56 Å². The largest absolute Gasteiger partial charge is 0.460 e. The van der Waals surface area contributed by atoms with Crippen molar-refractivity contribution in [1.82, 2.24) is 0 Å². The summed E-state index contributed by atoms with van der Waals surface area (Å²) in [7, 11) is 0. The number of benzene rings is 1. The van der Waals surface area contributed by atoms with Crippen molar-refractivity contribution in [2.24, 2.45) is 0 Å². The molecule has 0 amide bonds. The molecule has 1 aromatic carbocycles. The van der Waals surface area contributed by atoms with Crippen molar-refractivity contribution in [3.8, 4) is 0 Å². The Hall–Kier alpha value is -2.09. The first-order valence-electron chi connectivity index (χ1n) is 6.27. The molecular formula is C12H7F13N2. The molecule has 0 aliphatic heterocycles. The van der Waals surface area contributed by atoms with Crippen molar-refractivity contribution in [2.45, 2.75) is 35.8 Å². The molecule has 156 valence electrons. The van der Waals surface area contributed by atoms with Crippen LogP contribution in [0.2, 0.25) is 0 Å². The maximum Gasteiger partial charge on any atom is 0.460 e. The molecule has 0 spiro atoms. The number of hydrogen-bond donors (Lipinski definition) is 2. The molecule has 0 aliphatic carbocycles. The van der Waals surface area contributed by atoms with E-state index in [-0.39, 0.29) is 6.07 Å². The summed E-state index contributed by atoms with van der Waals surface area (Å²) >= 11 is 0. The molecule has 0 radical (unpaired) electrons. The Morgan fingerprint density at radius 1 is 0.556 bits per heavy atom. The van der Waals surface area contributed by atoms with Crippen LogP contribution in [0, 0.1) is 0 Å². The van der Waals surface area contributed by atoms with Crippen LogP contribution >= 0.6 is 0 Å². The normalized spacial score (nSPS) is 15.1. The molecule has 0 atom stereocenters. The number of hydrogen-bond acceptors (Lipinski definition) is 2. The van der Waals surface area contributed by atoms with E-state index in [1.807, 2.05) is 0 Å². The average molecular weight is 426 g/mol. The zero-order valence-corrected chi connectivity index (χ0v) is 12.3. The van der Waals surface area contributed by atoms with Crippen molar-refractivity contribution in [2.75, 3.05) is 11.5 Å². The molecule has 0 saturated carbocycles. The van der Waals surface area contributed by atoms with Gasteiger partial charge >= 0.3 is 35.8 Å². The Kier molecular flexibility index (Phi) is 5.06. The van der Waals surface area contributed by atoms with Gasteiger partial charge in [0.1, 0.15) is 0 Å². The van der Waals surface area contributed by atoms with Gasteiger partial charge in [0, 0.05) is 11.4 Å². The fourth-order valence-electron chi connectivity index (χ4n) is 1.81. The lowest BCUT2D eigenvalue weighted by atomic mass is 9.90. The third kappa shape index (κ3) is 2.99. The first-order chi connectivity index (χ1) is 11.7. The predicted octanol–water partition coefficient (Wildman–Crippen LogP) is 5.05. The molecule has 2 nitrogen and oxygen atoms in total. The standard InChI is InChI=1S/C12H7F13N2/c13-7(14,5-2-1-4(26)3-6(5)27)8(15,16)9(17,18)10(19,20)11(21,22)12(23,24)25/h1-3H,26-27H2. The zero-order chi connectivity index (χ0) is 21.9. The van der Waals surface area contributed by atoms with Gasteiger partial charge in [0.15, 0.2) is 0 Å². The van der Waals surface area contributed by atoms with Crippen LogP contribution in [0.1, 0.15) is 5.56 Å². The van der Waals surface area contributed by atoms with Gasteiger partial charge in [-0.2, -0.15) is 57.1 Å². The van der Waals surface area contributed by atoms with Crippen molar-refractivity contribution >= 4 is 11.4 Å². The number of rotatable bonds is 5. The minimum atomic E-state index is -7.95. The van der Waals surface area contributed by atoms with Crippen LogP contribution in [-0.4, -0.2) is 29.9 Å². The minimum absolute atomic E-state index is 0.102. The maximum absolute atomic E-state index is 13.8. The fraction of sp³-hybridized carbons (Fsp3) is 0.500. The molecule has 0 fully saturated rings. The Labute approximate surface area is 140 Å². The van der Waals surface area contributed by atoms with E-state index in [0.717, 1.165) is 0 Å². The van der Waals surface area contributed by atoms with Gasteiger partial charge in [-0.1, -0.05) is 0 Å². The van der Waals surface area contributed by atoms with E-state index in [2.05, 4.69) is 0 Å². The van der Waals surface area contributed by atoms with Crippen LogP contribution < -0.4 is 11.5 Å². The summed E-state index contributed by atoms with van der Waals surface area (Å²) in [6.45, 7) is 0. The maximum atomic E-state index is 13.8. The molecule has 15 heteroatoms. The predicted molar refractivity (Wildman–Crippen MR) is 65.0 cm³/mol. The molecule has 27 heavy (non-hydrogen) atoms. The van der Waals surface area contributed by atoms with Gasteiger partial charge in [0.2, 0.25) is 0 Å². The quantitative estimate of drug-likeness (QED) is 0.512. The van der Waals surface area contributed by atoms with E-state index in [4.69, 9.17) is 11.5 Å². The van der Waals surface area contributed by atoms with Crippen LogP contribution in [0.3, 0.4) is 0 Å². The van der Waals surface area contributed by atoms with Crippen LogP contribution in [0.25, 0.3) is 0 Å². The molecule has 1 aromatic rings. The summed E-state index contributed by atoms with van der Waals surface area (Å²) in [6, 6.07) is 0.616. The molecule has 0 unspecified atom stereocenters. The SMILES string of the molecule is Nc1ccc(C(F)(F)C(F)(F)C(F)(F)C(F)(F)C(F)(F)C(F)(F)F)c(N)c1. The number of halogens is 13. The molecule has 4 N–H and O–H groups in total. The van der Waals surface area contributed by atoms with E-state index in [0.29, 0.717) is 12.1 Å². The molecule has 0 saturated heterocycles. The van der Waals surface area contributed by atoms with Gasteiger partial charge in [0.25, 0.3) is 0 Å². The molecular weight excluding hydrogens is 419 g/mol. The molecule has 0 aliphatic rings. The summed E-state index contributed by atoms with van der Waals surface area (Å²) in [5.41, 5.74) is 5.76. The highest BCUT2D eigenvalue weighted by Crippen LogP contribution is 2.62. The molecule has 0 aromatic heterocycles. The lowest BCUT2D eigenvalue weighted by molar-refractivity contribution is -0.441. The summed E-state index contributed by atoms with van der Waals surface area (Å²) in [5, 5.41) is 0.